The van der Waals surface area contributed by atoms with E-state index in [0.717, 1.165) is 9.88 Å². The fraction of sp³-hybridized carbons (Fsp3) is 0.273. The van der Waals surface area contributed by atoms with Crippen LogP contribution in [0.25, 0.3) is 0 Å². The Morgan fingerprint density at radius 3 is 2.63 bits per heavy atom. The Morgan fingerprint density at radius 1 is 1.32 bits per heavy atom. The SMILES string of the molecule is Cc1cnc(C(C)NC(=O)c2cnc(NN)cn2)s1. The summed E-state index contributed by atoms with van der Waals surface area (Å²) in [5, 5.41) is 3.68. The van der Waals surface area contributed by atoms with Crippen molar-refractivity contribution in [2.45, 2.75) is 19.9 Å². The molecular formula is C11H14N6OS. The van der Waals surface area contributed by atoms with Crippen molar-refractivity contribution >= 4 is 23.1 Å². The number of hydrogen-bond donors (Lipinski definition) is 3. The summed E-state index contributed by atoms with van der Waals surface area (Å²) in [5.74, 6) is 5.28. The van der Waals surface area contributed by atoms with Crippen LogP contribution in [-0.2, 0) is 0 Å². The number of anilines is 1. The summed E-state index contributed by atoms with van der Waals surface area (Å²) >= 11 is 1.55. The van der Waals surface area contributed by atoms with Gasteiger partial charge in [-0.2, -0.15) is 0 Å². The van der Waals surface area contributed by atoms with Crippen molar-refractivity contribution in [2.24, 2.45) is 5.84 Å². The van der Waals surface area contributed by atoms with E-state index in [1.54, 1.807) is 17.5 Å². The molecule has 0 fully saturated rings. The van der Waals surface area contributed by atoms with Crippen LogP contribution in [0, 0.1) is 6.92 Å². The lowest BCUT2D eigenvalue weighted by molar-refractivity contribution is 0.0934. The molecule has 4 N–H and O–H groups in total. The molecule has 1 amide bonds. The van der Waals surface area contributed by atoms with E-state index in [0.29, 0.717) is 5.82 Å². The standard InChI is InChI=1S/C11H14N6OS/c1-6-3-15-11(19-6)7(2)16-10(18)8-4-14-9(17-12)5-13-8/h3-5,7H,12H2,1-2H3,(H,14,17)(H,16,18). The molecule has 2 heterocycles. The monoisotopic (exact) mass is 278 g/mol. The highest BCUT2D eigenvalue weighted by atomic mass is 32.1. The highest BCUT2D eigenvalue weighted by Gasteiger charge is 2.15. The van der Waals surface area contributed by atoms with Crippen molar-refractivity contribution in [1.82, 2.24) is 20.3 Å². The Labute approximate surface area is 114 Å². The van der Waals surface area contributed by atoms with Crippen molar-refractivity contribution in [3.8, 4) is 0 Å². The number of amides is 1. The van der Waals surface area contributed by atoms with Crippen molar-refractivity contribution in [1.29, 1.82) is 0 Å². The summed E-state index contributed by atoms with van der Waals surface area (Å²) < 4.78 is 0. The number of rotatable bonds is 4. The molecule has 0 saturated heterocycles. The molecule has 0 aromatic carbocycles. The molecular weight excluding hydrogens is 264 g/mol. The maximum Gasteiger partial charge on any atom is 0.272 e. The first-order valence-corrected chi connectivity index (χ1v) is 6.43. The van der Waals surface area contributed by atoms with Gasteiger partial charge in [0.2, 0.25) is 0 Å². The number of aryl methyl sites for hydroxylation is 1. The fourth-order valence-electron chi connectivity index (χ4n) is 1.42. The molecule has 0 spiro atoms. The zero-order valence-corrected chi connectivity index (χ0v) is 11.4. The van der Waals surface area contributed by atoms with Gasteiger partial charge in [-0.1, -0.05) is 0 Å². The molecule has 0 radical (unpaired) electrons. The van der Waals surface area contributed by atoms with Crippen LogP contribution in [0.5, 0.6) is 0 Å². The molecule has 0 saturated carbocycles. The number of carbonyl (C=O) groups is 1. The molecule has 0 aliphatic rings. The maximum atomic E-state index is 11.9. The maximum absolute atomic E-state index is 11.9. The second-order valence-electron chi connectivity index (χ2n) is 3.94. The summed E-state index contributed by atoms with van der Waals surface area (Å²) in [6.45, 7) is 3.85. The van der Waals surface area contributed by atoms with E-state index in [-0.39, 0.29) is 17.6 Å². The van der Waals surface area contributed by atoms with Crippen LogP contribution in [0.4, 0.5) is 5.82 Å². The Bertz CT molecular complexity index is 567. The largest absolute Gasteiger partial charge is 0.342 e. The van der Waals surface area contributed by atoms with Crippen LogP contribution in [0.1, 0.15) is 33.3 Å². The van der Waals surface area contributed by atoms with Crippen LogP contribution in [0.3, 0.4) is 0 Å². The van der Waals surface area contributed by atoms with E-state index < -0.39 is 0 Å². The van der Waals surface area contributed by atoms with Crippen molar-refractivity contribution in [3.05, 3.63) is 34.2 Å². The average Bonchev–Trinajstić information content (AvgIpc) is 2.85. The van der Waals surface area contributed by atoms with Crippen LogP contribution in [0.2, 0.25) is 0 Å². The van der Waals surface area contributed by atoms with Crippen molar-refractivity contribution < 1.29 is 4.79 Å². The number of thiazole rings is 1. The zero-order chi connectivity index (χ0) is 13.8. The van der Waals surface area contributed by atoms with Crippen LogP contribution < -0.4 is 16.6 Å². The molecule has 1 unspecified atom stereocenters. The van der Waals surface area contributed by atoms with E-state index in [9.17, 15) is 4.79 Å². The van der Waals surface area contributed by atoms with Crippen LogP contribution in [-0.4, -0.2) is 20.9 Å². The first kappa shape index (κ1) is 13.4. The van der Waals surface area contributed by atoms with Gasteiger partial charge >= 0.3 is 0 Å². The molecule has 1 atom stereocenters. The average molecular weight is 278 g/mol. The van der Waals surface area contributed by atoms with Gasteiger partial charge in [0.05, 0.1) is 18.4 Å². The second kappa shape index (κ2) is 5.72. The molecule has 0 aliphatic heterocycles. The third kappa shape index (κ3) is 3.24. The quantitative estimate of drug-likeness (QED) is 0.569. The number of hydrogen-bond acceptors (Lipinski definition) is 7. The number of nitrogens with one attached hydrogen (secondary N) is 2. The smallest absolute Gasteiger partial charge is 0.272 e. The highest BCUT2D eigenvalue weighted by molar-refractivity contribution is 7.11. The third-order valence-corrected chi connectivity index (χ3v) is 3.49. The zero-order valence-electron chi connectivity index (χ0n) is 10.5. The Hall–Kier alpha value is -2.06. The minimum Gasteiger partial charge on any atom is -0.342 e. The van der Waals surface area contributed by atoms with E-state index in [4.69, 9.17) is 5.84 Å². The van der Waals surface area contributed by atoms with Gasteiger partial charge in [0.1, 0.15) is 10.7 Å². The number of carbonyl (C=O) groups excluding carboxylic acids is 1. The molecule has 0 aliphatic carbocycles. The molecule has 2 rings (SSSR count). The van der Waals surface area contributed by atoms with Gasteiger partial charge in [0.25, 0.3) is 5.91 Å². The topological polar surface area (TPSA) is 106 Å². The second-order valence-corrected chi connectivity index (χ2v) is 5.20. The van der Waals surface area contributed by atoms with Gasteiger partial charge in [-0.3, -0.25) is 4.79 Å². The first-order chi connectivity index (χ1) is 9.10. The lowest BCUT2D eigenvalue weighted by Gasteiger charge is -2.10. The van der Waals surface area contributed by atoms with Crippen molar-refractivity contribution in [2.75, 3.05) is 5.43 Å². The normalized spacial score (nSPS) is 11.9. The highest BCUT2D eigenvalue weighted by Crippen LogP contribution is 2.19. The summed E-state index contributed by atoms with van der Waals surface area (Å²) in [4.78, 5) is 25.2. The Kier molecular flexibility index (Phi) is 4.03. The minimum absolute atomic E-state index is 0.166. The molecule has 100 valence electrons. The van der Waals surface area contributed by atoms with Gasteiger partial charge in [0.15, 0.2) is 5.82 Å². The summed E-state index contributed by atoms with van der Waals surface area (Å²) in [6, 6.07) is -0.166. The number of nitrogens with two attached hydrogens (primary N) is 1. The van der Waals surface area contributed by atoms with E-state index >= 15 is 0 Å². The predicted octanol–water partition coefficient (Wildman–Crippen LogP) is 1.02. The number of hydrazine groups is 1. The van der Waals surface area contributed by atoms with E-state index in [1.807, 2.05) is 13.8 Å². The van der Waals surface area contributed by atoms with Gasteiger partial charge in [0, 0.05) is 11.1 Å². The summed E-state index contributed by atoms with van der Waals surface area (Å²) in [5.41, 5.74) is 2.58. The van der Waals surface area contributed by atoms with Crippen LogP contribution in [0.15, 0.2) is 18.6 Å². The predicted molar refractivity (Wildman–Crippen MR) is 72.6 cm³/mol. The summed E-state index contributed by atoms with van der Waals surface area (Å²) in [6.07, 6.45) is 4.54. The minimum atomic E-state index is -0.295. The molecule has 0 bridgehead atoms. The van der Waals surface area contributed by atoms with Crippen LogP contribution >= 0.6 is 11.3 Å². The Morgan fingerprint density at radius 2 is 2.11 bits per heavy atom. The number of aromatic nitrogens is 3. The number of nitrogens with zero attached hydrogens (tertiary/aromatic N) is 3. The van der Waals surface area contributed by atoms with E-state index in [1.165, 1.54) is 12.4 Å². The number of nitrogen functional groups attached to an aromatic ring is 1. The lowest BCUT2D eigenvalue weighted by atomic mass is 10.3. The Balaban J connectivity index is 2.03. The van der Waals surface area contributed by atoms with E-state index in [2.05, 4.69) is 25.7 Å². The summed E-state index contributed by atoms with van der Waals surface area (Å²) in [7, 11) is 0. The fourth-order valence-corrected chi connectivity index (χ4v) is 2.20. The molecule has 7 nitrogen and oxygen atoms in total. The van der Waals surface area contributed by atoms with Gasteiger partial charge in [-0.25, -0.2) is 20.8 Å². The third-order valence-electron chi connectivity index (χ3n) is 2.39. The molecule has 8 heteroatoms. The lowest BCUT2D eigenvalue weighted by Crippen LogP contribution is -2.27. The van der Waals surface area contributed by atoms with Gasteiger partial charge in [-0.15, -0.1) is 11.3 Å². The van der Waals surface area contributed by atoms with Gasteiger partial charge < -0.3 is 10.7 Å². The first-order valence-electron chi connectivity index (χ1n) is 5.62. The molecule has 2 aromatic heterocycles. The molecule has 2 aromatic rings. The molecule has 19 heavy (non-hydrogen) atoms. The van der Waals surface area contributed by atoms with Gasteiger partial charge in [-0.05, 0) is 13.8 Å². The van der Waals surface area contributed by atoms with Crippen molar-refractivity contribution in [3.63, 3.8) is 0 Å².